The molecule has 2 aromatic carbocycles. The van der Waals surface area contributed by atoms with Gasteiger partial charge in [-0.05, 0) is 43.5 Å². The SMILES string of the molecule is CC(C)Oc1ccc2ccccc2c1/C=N\NC(=O)C(=O)NC1CC1. The first-order chi connectivity index (χ1) is 12.0. The number of hydrogen-bond donors (Lipinski definition) is 2. The molecule has 0 spiro atoms. The van der Waals surface area contributed by atoms with Crippen LogP contribution in [0, 0.1) is 0 Å². The van der Waals surface area contributed by atoms with E-state index in [2.05, 4.69) is 15.8 Å². The number of nitrogens with zero attached hydrogens (tertiary/aromatic N) is 1. The summed E-state index contributed by atoms with van der Waals surface area (Å²) in [6.07, 6.45) is 3.37. The predicted molar refractivity (Wildman–Crippen MR) is 96.6 cm³/mol. The summed E-state index contributed by atoms with van der Waals surface area (Å²) in [6, 6.07) is 11.8. The average molecular weight is 339 g/mol. The van der Waals surface area contributed by atoms with Crippen LogP contribution in [0.5, 0.6) is 5.75 Å². The monoisotopic (exact) mass is 339 g/mol. The molecule has 6 nitrogen and oxygen atoms in total. The third-order valence-electron chi connectivity index (χ3n) is 3.77. The molecule has 0 saturated heterocycles. The van der Waals surface area contributed by atoms with Gasteiger partial charge >= 0.3 is 11.8 Å². The number of fused-ring (bicyclic) bond motifs is 1. The van der Waals surface area contributed by atoms with Crippen molar-refractivity contribution in [1.82, 2.24) is 10.7 Å². The molecule has 0 heterocycles. The fourth-order valence-corrected chi connectivity index (χ4v) is 2.45. The standard InChI is InChI=1S/C19H21N3O3/c1-12(2)25-17-10-7-13-5-3-4-6-15(13)16(17)11-20-22-19(24)18(23)21-14-8-9-14/h3-7,10-12,14H,8-9H2,1-2H3,(H,21,23)(H,22,24)/b20-11-. The van der Waals surface area contributed by atoms with Crippen molar-refractivity contribution in [2.24, 2.45) is 5.10 Å². The molecule has 1 saturated carbocycles. The van der Waals surface area contributed by atoms with Crippen LogP contribution in [-0.2, 0) is 9.59 Å². The van der Waals surface area contributed by atoms with E-state index in [1.165, 1.54) is 6.21 Å². The molecule has 2 aromatic rings. The Balaban J connectivity index is 1.80. The van der Waals surface area contributed by atoms with E-state index in [0.29, 0.717) is 5.75 Å². The van der Waals surface area contributed by atoms with Crippen LogP contribution in [0.15, 0.2) is 41.5 Å². The minimum absolute atomic E-state index is 0.00669. The van der Waals surface area contributed by atoms with E-state index < -0.39 is 11.8 Å². The van der Waals surface area contributed by atoms with E-state index in [1.54, 1.807) is 0 Å². The highest BCUT2D eigenvalue weighted by atomic mass is 16.5. The van der Waals surface area contributed by atoms with Gasteiger partial charge in [0.05, 0.1) is 12.3 Å². The Labute approximate surface area is 146 Å². The lowest BCUT2D eigenvalue weighted by molar-refractivity contribution is -0.139. The summed E-state index contributed by atoms with van der Waals surface area (Å²) in [4.78, 5) is 23.4. The van der Waals surface area contributed by atoms with E-state index >= 15 is 0 Å². The first-order valence-electron chi connectivity index (χ1n) is 8.37. The summed E-state index contributed by atoms with van der Waals surface area (Å²) in [5, 5.41) is 8.56. The molecule has 0 aliphatic heterocycles. The summed E-state index contributed by atoms with van der Waals surface area (Å²) in [5.74, 6) is -0.750. The molecule has 1 fully saturated rings. The Morgan fingerprint density at radius 1 is 1.16 bits per heavy atom. The summed E-state index contributed by atoms with van der Waals surface area (Å²) in [6.45, 7) is 3.89. The van der Waals surface area contributed by atoms with Crippen LogP contribution in [-0.4, -0.2) is 30.2 Å². The number of nitrogens with one attached hydrogen (secondary N) is 2. The van der Waals surface area contributed by atoms with Gasteiger partial charge in [0.15, 0.2) is 0 Å². The third kappa shape index (κ3) is 4.35. The van der Waals surface area contributed by atoms with Crippen LogP contribution in [0.25, 0.3) is 10.8 Å². The molecule has 130 valence electrons. The summed E-state index contributed by atoms with van der Waals surface area (Å²) in [7, 11) is 0. The van der Waals surface area contributed by atoms with Crippen molar-refractivity contribution in [3.8, 4) is 5.75 Å². The molecule has 1 aliphatic carbocycles. The molecular weight excluding hydrogens is 318 g/mol. The van der Waals surface area contributed by atoms with Gasteiger partial charge in [-0.1, -0.05) is 30.3 Å². The van der Waals surface area contributed by atoms with Crippen LogP contribution in [0.3, 0.4) is 0 Å². The Morgan fingerprint density at radius 3 is 2.64 bits per heavy atom. The van der Waals surface area contributed by atoms with Gasteiger partial charge in [-0.15, -0.1) is 0 Å². The Bertz CT molecular complexity index is 826. The molecule has 1 aliphatic rings. The summed E-state index contributed by atoms with van der Waals surface area (Å²) in [5.41, 5.74) is 3.03. The van der Waals surface area contributed by atoms with E-state index in [4.69, 9.17) is 4.74 Å². The molecule has 0 aromatic heterocycles. The van der Waals surface area contributed by atoms with E-state index in [9.17, 15) is 9.59 Å². The number of rotatable bonds is 5. The fraction of sp³-hybridized carbons (Fsp3) is 0.316. The number of hydrogen-bond acceptors (Lipinski definition) is 4. The lowest BCUT2D eigenvalue weighted by atomic mass is 10.0. The van der Waals surface area contributed by atoms with Crippen molar-refractivity contribution in [1.29, 1.82) is 0 Å². The number of carbonyl (C=O) groups excluding carboxylic acids is 2. The van der Waals surface area contributed by atoms with Crippen molar-refractivity contribution >= 4 is 28.8 Å². The Hall–Kier alpha value is -2.89. The second-order valence-corrected chi connectivity index (χ2v) is 6.31. The van der Waals surface area contributed by atoms with Gasteiger partial charge in [0.1, 0.15) is 5.75 Å². The number of amides is 2. The van der Waals surface area contributed by atoms with Crippen molar-refractivity contribution in [3.63, 3.8) is 0 Å². The van der Waals surface area contributed by atoms with Gasteiger partial charge in [0.2, 0.25) is 0 Å². The van der Waals surface area contributed by atoms with Crippen LogP contribution < -0.4 is 15.5 Å². The maximum Gasteiger partial charge on any atom is 0.329 e. The van der Waals surface area contributed by atoms with Crippen LogP contribution >= 0.6 is 0 Å². The summed E-state index contributed by atoms with van der Waals surface area (Å²) < 4.78 is 5.84. The maximum absolute atomic E-state index is 11.8. The second kappa shape index (κ2) is 7.34. The highest BCUT2D eigenvalue weighted by Gasteiger charge is 2.26. The van der Waals surface area contributed by atoms with Gasteiger partial charge in [-0.3, -0.25) is 9.59 Å². The molecule has 0 atom stereocenters. The van der Waals surface area contributed by atoms with E-state index in [-0.39, 0.29) is 12.1 Å². The minimum atomic E-state index is -0.769. The molecule has 0 radical (unpaired) electrons. The highest BCUT2D eigenvalue weighted by molar-refractivity contribution is 6.35. The molecule has 2 N–H and O–H groups in total. The second-order valence-electron chi connectivity index (χ2n) is 6.31. The van der Waals surface area contributed by atoms with E-state index in [0.717, 1.165) is 29.2 Å². The third-order valence-corrected chi connectivity index (χ3v) is 3.77. The molecular formula is C19H21N3O3. The van der Waals surface area contributed by atoms with Crippen LogP contribution in [0.2, 0.25) is 0 Å². The zero-order valence-corrected chi connectivity index (χ0v) is 14.3. The quantitative estimate of drug-likeness (QED) is 0.498. The maximum atomic E-state index is 11.8. The first kappa shape index (κ1) is 17.0. The predicted octanol–water partition coefficient (Wildman–Crippen LogP) is 2.36. The van der Waals surface area contributed by atoms with Gasteiger partial charge < -0.3 is 10.1 Å². The molecule has 25 heavy (non-hydrogen) atoms. The van der Waals surface area contributed by atoms with Crippen LogP contribution in [0.4, 0.5) is 0 Å². The normalized spacial score (nSPS) is 14.0. The zero-order chi connectivity index (χ0) is 17.8. The fourth-order valence-electron chi connectivity index (χ4n) is 2.45. The zero-order valence-electron chi connectivity index (χ0n) is 14.3. The summed E-state index contributed by atoms with van der Waals surface area (Å²) >= 11 is 0. The lowest BCUT2D eigenvalue weighted by Crippen LogP contribution is -2.38. The molecule has 6 heteroatoms. The highest BCUT2D eigenvalue weighted by Crippen LogP contribution is 2.27. The molecule has 2 amide bonds. The minimum Gasteiger partial charge on any atom is -0.490 e. The Kier molecular flexibility index (Phi) is 4.97. The van der Waals surface area contributed by atoms with Crippen molar-refractivity contribution in [3.05, 3.63) is 42.0 Å². The average Bonchev–Trinajstić information content (AvgIpc) is 3.39. The van der Waals surface area contributed by atoms with E-state index in [1.807, 2.05) is 50.2 Å². The molecule has 3 rings (SSSR count). The smallest absolute Gasteiger partial charge is 0.329 e. The molecule has 0 unspecified atom stereocenters. The number of hydrazone groups is 1. The number of carbonyl (C=O) groups is 2. The van der Waals surface area contributed by atoms with Gasteiger partial charge in [0.25, 0.3) is 0 Å². The lowest BCUT2D eigenvalue weighted by Gasteiger charge is -2.14. The number of benzene rings is 2. The number of ether oxygens (including phenoxy) is 1. The van der Waals surface area contributed by atoms with Gasteiger partial charge in [-0.2, -0.15) is 5.10 Å². The Morgan fingerprint density at radius 2 is 1.92 bits per heavy atom. The van der Waals surface area contributed by atoms with Crippen LogP contribution in [0.1, 0.15) is 32.3 Å². The van der Waals surface area contributed by atoms with Crippen molar-refractivity contribution in [2.75, 3.05) is 0 Å². The van der Waals surface area contributed by atoms with Crippen molar-refractivity contribution < 1.29 is 14.3 Å². The van der Waals surface area contributed by atoms with Crippen molar-refractivity contribution in [2.45, 2.75) is 38.8 Å². The first-order valence-corrected chi connectivity index (χ1v) is 8.37. The largest absolute Gasteiger partial charge is 0.490 e. The topological polar surface area (TPSA) is 79.8 Å². The molecule has 0 bridgehead atoms. The van der Waals surface area contributed by atoms with Gasteiger partial charge in [-0.25, -0.2) is 5.43 Å². The van der Waals surface area contributed by atoms with Gasteiger partial charge in [0, 0.05) is 11.6 Å².